The molecule has 0 fully saturated rings. The predicted octanol–water partition coefficient (Wildman–Crippen LogP) is -0.463. The molecule has 4 N–H and O–H groups in total. The molecule has 0 saturated carbocycles. The van der Waals surface area contributed by atoms with Crippen LogP contribution in [0, 0.1) is 0 Å². The summed E-state index contributed by atoms with van der Waals surface area (Å²) in [6.45, 7) is 0. The molecule has 4 heteroatoms. The summed E-state index contributed by atoms with van der Waals surface area (Å²) in [5.74, 6) is -1.03. The molecule has 0 atom stereocenters. The molecule has 0 radical (unpaired) electrons. The third-order valence-corrected chi connectivity index (χ3v) is 0.639. The molecule has 0 aromatic heterocycles. The van der Waals surface area contributed by atoms with Gasteiger partial charge in [-0.1, -0.05) is 0 Å². The van der Waals surface area contributed by atoms with Crippen molar-refractivity contribution in [3.63, 3.8) is 0 Å². The molecular formula is C3H6N4. The molecule has 0 unspecified atom stereocenters. The maximum absolute atomic E-state index is 5.21. The zero-order chi connectivity index (χ0) is 5.33. The predicted molar refractivity (Wildman–Crippen MR) is 25.1 cm³/mol. The molecule has 38 valence electrons. The largest absolute Gasteiger partial charge is 0.290 e. The van der Waals surface area contributed by atoms with Crippen LogP contribution in [0.2, 0.25) is 0 Å². The standard InChI is InChI=1S/C3H6N4/c4-3(5)1-2-6-7-3/h1-2H,4-5H2. The van der Waals surface area contributed by atoms with Crippen molar-refractivity contribution in [2.75, 3.05) is 0 Å². The average molecular weight is 98.1 g/mol. The van der Waals surface area contributed by atoms with Gasteiger partial charge in [-0.15, -0.1) is 5.11 Å². The lowest BCUT2D eigenvalue weighted by atomic mass is 10.4. The second-order valence-electron chi connectivity index (χ2n) is 1.42. The molecule has 1 rings (SSSR count). The van der Waals surface area contributed by atoms with Crippen LogP contribution in [0.3, 0.4) is 0 Å². The monoisotopic (exact) mass is 98.1 g/mol. The van der Waals surface area contributed by atoms with Gasteiger partial charge in [0.15, 0.2) is 0 Å². The summed E-state index contributed by atoms with van der Waals surface area (Å²) in [6.07, 6.45) is 2.99. The third-order valence-electron chi connectivity index (χ3n) is 0.639. The Morgan fingerprint density at radius 2 is 2.14 bits per heavy atom. The molecule has 4 nitrogen and oxygen atoms in total. The number of nitrogens with two attached hydrogens (primary N) is 2. The summed E-state index contributed by atoms with van der Waals surface area (Å²) < 4.78 is 0. The van der Waals surface area contributed by atoms with Gasteiger partial charge in [-0.25, -0.2) is 0 Å². The molecule has 1 aliphatic heterocycles. The van der Waals surface area contributed by atoms with Crippen molar-refractivity contribution in [3.8, 4) is 0 Å². The van der Waals surface area contributed by atoms with E-state index in [1.165, 1.54) is 12.3 Å². The molecule has 0 amide bonds. The van der Waals surface area contributed by atoms with Crippen molar-refractivity contribution in [1.82, 2.24) is 0 Å². The summed E-state index contributed by atoms with van der Waals surface area (Å²) in [6, 6.07) is 0. The van der Waals surface area contributed by atoms with Crippen molar-refractivity contribution >= 4 is 0 Å². The fourth-order valence-corrected chi connectivity index (χ4v) is 0.319. The second kappa shape index (κ2) is 1.11. The molecule has 1 heterocycles. The number of hydrogen-bond donors (Lipinski definition) is 2. The topological polar surface area (TPSA) is 76.8 Å². The Hall–Kier alpha value is -0.740. The highest BCUT2D eigenvalue weighted by molar-refractivity contribution is 5.01. The van der Waals surface area contributed by atoms with Crippen LogP contribution in [0.25, 0.3) is 0 Å². The quantitative estimate of drug-likeness (QED) is 0.402. The SMILES string of the molecule is NC1(N)C=CN=N1. The Morgan fingerprint density at radius 3 is 2.29 bits per heavy atom. The van der Waals surface area contributed by atoms with E-state index < -0.39 is 5.79 Å². The Bertz CT molecular complexity index is 109. The van der Waals surface area contributed by atoms with Crippen molar-refractivity contribution in [2.45, 2.75) is 5.79 Å². The lowest BCUT2D eigenvalue weighted by molar-refractivity contribution is 0.576. The maximum Gasteiger partial charge on any atom is 0.201 e. The number of rotatable bonds is 0. The van der Waals surface area contributed by atoms with Crippen LogP contribution < -0.4 is 11.5 Å². The van der Waals surface area contributed by atoms with Gasteiger partial charge < -0.3 is 0 Å². The molecule has 0 aliphatic carbocycles. The van der Waals surface area contributed by atoms with Crippen molar-refractivity contribution in [1.29, 1.82) is 0 Å². The van der Waals surface area contributed by atoms with E-state index in [1.54, 1.807) is 0 Å². The minimum absolute atomic E-state index is 1.03. The van der Waals surface area contributed by atoms with E-state index in [-0.39, 0.29) is 0 Å². The first kappa shape index (κ1) is 4.42. The molecule has 1 aliphatic rings. The molecule has 0 saturated heterocycles. The van der Waals surface area contributed by atoms with Crippen LogP contribution in [-0.2, 0) is 0 Å². The third kappa shape index (κ3) is 0.819. The van der Waals surface area contributed by atoms with Crippen molar-refractivity contribution in [3.05, 3.63) is 12.3 Å². The second-order valence-corrected chi connectivity index (χ2v) is 1.42. The Labute approximate surface area is 40.9 Å². The van der Waals surface area contributed by atoms with Crippen LogP contribution in [0.4, 0.5) is 0 Å². The van der Waals surface area contributed by atoms with E-state index in [0.29, 0.717) is 0 Å². The molecule has 7 heavy (non-hydrogen) atoms. The minimum atomic E-state index is -1.03. The Morgan fingerprint density at radius 1 is 1.43 bits per heavy atom. The van der Waals surface area contributed by atoms with Crippen molar-refractivity contribution in [2.24, 2.45) is 21.7 Å². The van der Waals surface area contributed by atoms with Gasteiger partial charge in [0.25, 0.3) is 0 Å². The molecule has 0 spiro atoms. The fraction of sp³-hybridized carbons (Fsp3) is 0.333. The summed E-state index contributed by atoms with van der Waals surface area (Å²) in [5.41, 5.74) is 10.4. The van der Waals surface area contributed by atoms with E-state index in [4.69, 9.17) is 11.5 Å². The van der Waals surface area contributed by atoms with Crippen molar-refractivity contribution < 1.29 is 0 Å². The highest BCUT2D eigenvalue weighted by Gasteiger charge is 2.14. The van der Waals surface area contributed by atoms with Crippen LogP contribution in [0.1, 0.15) is 0 Å². The minimum Gasteiger partial charge on any atom is -0.290 e. The summed E-state index contributed by atoms with van der Waals surface area (Å²) in [5, 5.41) is 6.87. The molecule has 0 aromatic carbocycles. The summed E-state index contributed by atoms with van der Waals surface area (Å²) >= 11 is 0. The molecule has 0 bridgehead atoms. The molecular weight excluding hydrogens is 92.1 g/mol. The first-order valence-electron chi connectivity index (χ1n) is 1.88. The number of nitrogens with zero attached hydrogens (tertiary/aromatic N) is 2. The normalized spacial score (nSPS) is 23.7. The van der Waals surface area contributed by atoms with E-state index in [1.807, 2.05) is 0 Å². The van der Waals surface area contributed by atoms with Gasteiger partial charge in [0.05, 0.1) is 6.20 Å². The lowest BCUT2D eigenvalue weighted by Gasteiger charge is -2.05. The van der Waals surface area contributed by atoms with Crippen LogP contribution >= 0.6 is 0 Å². The van der Waals surface area contributed by atoms with Crippen LogP contribution in [-0.4, -0.2) is 5.79 Å². The first-order valence-corrected chi connectivity index (χ1v) is 1.88. The van der Waals surface area contributed by atoms with Gasteiger partial charge in [0.2, 0.25) is 5.79 Å². The van der Waals surface area contributed by atoms with Gasteiger partial charge in [-0.05, 0) is 6.08 Å². The van der Waals surface area contributed by atoms with Gasteiger partial charge in [0.1, 0.15) is 0 Å². The lowest BCUT2D eigenvalue weighted by Crippen LogP contribution is -2.43. The van der Waals surface area contributed by atoms with E-state index in [2.05, 4.69) is 10.2 Å². The van der Waals surface area contributed by atoms with Crippen LogP contribution in [0.15, 0.2) is 22.5 Å². The highest BCUT2D eigenvalue weighted by atomic mass is 15.3. The van der Waals surface area contributed by atoms with Gasteiger partial charge in [-0.3, -0.25) is 11.5 Å². The number of hydrogen-bond acceptors (Lipinski definition) is 4. The summed E-state index contributed by atoms with van der Waals surface area (Å²) in [7, 11) is 0. The average Bonchev–Trinajstić information content (AvgIpc) is 1.84. The zero-order valence-corrected chi connectivity index (χ0v) is 3.70. The smallest absolute Gasteiger partial charge is 0.201 e. The fourth-order valence-electron chi connectivity index (χ4n) is 0.319. The van der Waals surface area contributed by atoms with Crippen LogP contribution in [0.5, 0.6) is 0 Å². The maximum atomic E-state index is 5.21. The first-order chi connectivity index (χ1) is 3.21. The van der Waals surface area contributed by atoms with E-state index in [9.17, 15) is 0 Å². The van der Waals surface area contributed by atoms with Gasteiger partial charge in [0, 0.05) is 0 Å². The van der Waals surface area contributed by atoms with E-state index >= 15 is 0 Å². The van der Waals surface area contributed by atoms with Gasteiger partial charge in [-0.2, -0.15) is 5.11 Å². The molecule has 0 aromatic rings. The number of azo groups is 1. The van der Waals surface area contributed by atoms with E-state index in [0.717, 1.165) is 0 Å². The Balaban J connectivity index is 2.77. The summed E-state index contributed by atoms with van der Waals surface area (Å²) in [4.78, 5) is 0. The highest BCUT2D eigenvalue weighted by Crippen LogP contribution is 2.03. The van der Waals surface area contributed by atoms with Gasteiger partial charge >= 0.3 is 0 Å². The zero-order valence-electron chi connectivity index (χ0n) is 3.70. The Kier molecular flexibility index (Phi) is 0.703.